The molecule has 1 aromatic rings. The minimum absolute atomic E-state index is 0.503. The van der Waals surface area contributed by atoms with Crippen LogP contribution in [0.4, 0.5) is 5.69 Å². The molecular weight excluding hydrogens is 210 g/mol. The third-order valence-corrected chi connectivity index (χ3v) is 4.47. The molecule has 0 bridgehead atoms. The molecule has 3 nitrogen and oxygen atoms in total. The van der Waals surface area contributed by atoms with E-state index in [-0.39, 0.29) is 0 Å². The summed E-state index contributed by atoms with van der Waals surface area (Å²) in [7, 11) is 0. The van der Waals surface area contributed by atoms with Crippen molar-refractivity contribution in [1.82, 2.24) is 9.97 Å². The van der Waals surface area contributed by atoms with Crippen LogP contribution in [0.3, 0.4) is 0 Å². The van der Waals surface area contributed by atoms with Gasteiger partial charge < -0.3 is 5.73 Å². The molecule has 92 valence electrons. The van der Waals surface area contributed by atoms with Gasteiger partial charge in [0.25, 0.3) is 0 Å². The molecule has 0 saturated heterocycles. The Morgan fingerprint density at radius 1 is 1.00 bits per heavy atom. The monoisotopic (exact) mass is 231 g/mol. The molecule has 3 rings (SSSR count). The normalized spacial score (nSPS) is 23.4. The van der Waals surface area contributed by atoms with Crippen LogP contribution in [-0.2, 0) is 0 Å². The average molecular weight is 231 g/mol. The molecule has 2 aliphatic rings. The highest BCUT2D eigenvalue weighted by Gasteiger charge is 2.34. The smallest absolute Gasteiger partial charge is 0.116 e. The van der Waals surface area contributed by atoms with Gasteiger partial charge in [0, 0.05) is 11.8 Å². The van der Waals surface area contributed by atoms with Gasteiger partial charge in [-0.15, -0.1) is 0 Å². The van der Waals surface area contributed by atoms with E-state index in [4.69, 9.17) is 5.73 Å². The van der Waals surface area contributed by atoms with Crippen molar-refractivity contribution < 1.29 is 0 Å². The van der Waals surface area contributed by atoms with E-state index in [0.29, 0.717) is 11.8 Å². The fraction of sp³-hybridized carbons (Fsp3) is 0.714. The quantitative estimate of drug-likeness (QED) is 0.866. The molecule has 0 aliphatic heterocycles. The molecule has 2 N–H and O–H groups in total. The summed E-state index contributed by atoms with van der Waals surface area (Å²) < 4.78 is 0. The van der Waals surface area contributed by atoms with Crippen molar-refractivity contribution in [3.8, 4) is 0 Å². The largest absolute Gasteiger partial charge is 0.396 e. The van der Waals surface area contributed by atoms with Crippen LogP contribution in [0.2, 0.25) is 0 Å². The van der Waals surface area contributed by atoms with Gasteiger partial charge in [-0.25, -0.2) is 9.97 Å². The molecule has 1 heterocycles. The molecular formula is C14H21N3. The van der Waals surface area contributed by atoms with Gasteiger partial charge in [-0.1, -0.05) is 13.8 Å². The Balaban J connectivity index is 1.91. The summed E-state index contributed by atoms with van der Waals surface area (Å²) in [5.74, 6) is 2.61. The first-order chi connectivity index (χ1) is 8.18. The minimum Gasteiger partial charge on any atom is -0.396 e. The predicted molar refractivity (Wildman–Crippen MR) is 68.7 cm³/mol. The lowest BCUT2D eigenvalue weighted by Gasteiger charge is -2.17. The number of anilines is 1. The maximum Gasteiger partial charge on any atom is 0.116 e. The SMILES string of the molecule is CC(c1ncnc(C(C)C2CC2)c1N)C1CC1. The van der Waals surface area contributed by atoms with Gasteiger partial charge in [-0.05, 0) is 37.5 Å². The maximum absolute atomic E-state index is 6.29. The number of hydrogen-bond acceptors (Lipinski definition) is 3. The van der Waals surface area contributed by atoms with Gasteiger partial charge >= 0.3 is 0 Å². The van der Waals surface area contributed by atoms with Gasteiger partial charge in [0.15, 0.2) is 0 Å². The van der Waals surface area contributed by atoms with Crippen molar-refractivity contribution in [3.63, 3.8) is 0 Å². The first-order valence-corrected chi connectivity index (χ1v) is 6.78. The third kappa shape index (κ3) is 2.03. The number of aromatic nitrogens is 2. The number of nitrogen functional groups attached to an aromatic ring is 1. The fourth-order valence-corrected chi connectivity index (χ4v) is 2.79. The summed E-state index contributed by atoms with van der Waals surface area (Å²) in [6, 6.07) is 0. The molecule has 17 heavy (non-hydrogen) atoms. The lowest BCUT2D eigenvalue weighted by Crippen LogP contribution is -2.11. The zero-order valence-electron chi connectivity index (χ0n) is 10.7. The lowest BCUT2D eigenvalue weighted by atomic mass is 9.94. The molecule has 2 aliphatic carbocycles. The molecule has 2 fully saturated rings. The van der Waals surface area contributed by atoms with E-state index in [1.165, 1.54) is 25.7 Å². The highest BCUT2D eigenvalue weighted by atomic mass is 14.9. The van der Waals surface area contributed by atoms with E-state index in [1.807, 2.05) is 0 Å². The predicted octanol–water partition coefficient (Wildman–Crippen LogP) is 3.09. The highest BCUT2D eigenvalue weighted by molar-refractivity contribution is 5.50. The highest BCUT2D eigenvalue weighted by Crippen LogP contribution is 2.46. The van der Waals surface area contributed by atoms with Gasteiger partial charge in [0.2, 0.25) is 0 Å². The second-order valence-corrected chi connectivity index (χ2v) is 5.81. The summed E-state index contributed by atoms with van der Waals surface area (Å²) in [6.45, 7) is 4.50. The Bertz CT molecular complexity index is 385. The zero-order chi connectivity index (χ0) is 12.0. The number of nitrogens with two attached hydrogens (primary N) is 1. The third-order valence-electron chi connectivity index (χ3n) is 4.47. The Hall–Kier alpha value is -1.12. The molecule has 0 aromatic carbocycles. The van der Waals surface area contributed by atoms with E-state index >= 15 is 0 Å². The number of rotatable bonds is 4. The van der Waals surface area contributed by atoms with Crippen LogP contribution >= 0.6 is 0 Å². The van der Waals surface area contributed by atoms with Gasteiger partial charge in [-0.3, -0.25) is 0 Å². The van der Waals surface area contributed by atoms with Crippen LogP contribution < -0.4 is 5.73 Å². The van der Waals surface area contributed by atoms with Crippen molar-refractivity contribution in [2.75, 3.05) is 5.73 Å². The van der Waals surface area contributed by atoms with Crippen LogP contribution in [0.15, 0.2) is 6.33 Å². The Morgan fingerprint density at radius 2 is 1.41 bits per heavy atom. The van der Waals surface area contributed by atoms with E-state index in [9.17, 15) is 0 Å². The molecule has 0 amide bonds. The first kappa shape index (κ1) is 11.0. The second kappa shape index (κ2) is 3.97. The van der Waals surface area contributed by atoms with Crippen molar-refractivity contribution in [1.29, 1.82) is 0 Å². The Labute approximate surface area is 103 Å². The van der Waals surface area contributed by atoms with Crippen LogP contribution in [0, 0.1) is 11.8 Å². The summed E-state index contributed by atoms with van der Waals surface area (Å²) in [4.78, 5) is 8.85. The second-order valence-electron chi connectivity index (χ2n) is 5.81. The number of nitrogens with zero attached hydrogens (tertiary/aromatic N) is 2. The van der Waals surface area contributed by atoms with Crippen LogP contribution in [-0.4, -0.2) is 9.97 Å². The minimum atomic E-state index is 0.503. The van der Waals surface area contributed by atoms with E-state index in [2.05, 4.69) is 23.8 Å². The maximum atomic E-state index is 6.29. The van der Waals surface area contributed by atoms with Gasteiger partial charge in [0.1, 0.15) is 6.33 Å². The van der Waals surface area contributed by atoms with Crippen LogP contribution in [0.25, 0.3) is 0 Å². The van der Waals surface area contributed by atoms with E-state index in [0.717, 1.165) is 28.9 Å². The molecule has 2 unspecified atom stereocenters. The Kier molecular flexibility index (Phi) is 2.57. The molecule has 1 aromatic heterocycles. The molecule has 2 atom stereocenters. The van der Waals surface area contributed by atoms with Gasteiger partial charge in [0.05, 0.1) is 17.1 Å². The topological polar surface area (TPSA) is 51.8 Å². The average Bonchev–Trinajstić information content (AvgIpc) is 3.20. The van der Waals surface area contributed by atoms with Crippen LogP contribution in [0.1, 0.15) is 62.8 Å². The molecule has 0 spiro atoms. The molecule has 0 radical (unpaired) electrons. The lowest BCUT2D eigenvalue weighted by molar-refractivity contribution is 0.618. The van der Waals surface area contributed by atoms with Crippen molar-refractivity contribution in [2.24, 2.45) is 11.8 Å². The first-order valence-electron chi connectivity index (χ1n) is 6.78. The fourth-order valence-electron chi connectivity index (χ4n) is 2.79. The molecule has 3 heteroatoms. The summed E-state index contributed by atoms with van der Waals surface area (Å²) in [6.07, 6.45) is 7.03. The van der Waals surface area contributed by atoms with Crippen molar-refractivity contribution >= 4 is 5.69 Å². The zero-order valence-corrected chi connectivity index (χ0v) is 10.7. The number of hydrogen-bond donors (Lipinski definition) is 1. The van der Waals surface area contributed by atoms with E-state index in [1.54, 1.807) is 6.33 Å². The van der Waals surface area contributed by atoms with Crippen molar-refractivity contribution in [2.45, 2.75) is 51.4 Å². The van der Waals surface area contributed by atoms with Crippen LogP contribution in [0.5, 0.6) is 0 Å². The van der Waals surface area contributed by atoms with E-state index < -0.39 is 0 Å². The van der Waals surface area contributed by atoms with Crippen molar-refractivity contribution in [3.05, 3.63) is 17.7 Å². The molecule has 2 saturated carbocycles. The van der Waals surface area contributed by atoms with Gasteiger partial charge in [-0.2, -0.15) is 0 Å². The summed E-state index contributed by atoms with van der Waals surface area (Å²) >= 11 is 0. The Morgan fingerprint density at radius 3 is 1.76 bits per heavy atom. The standard InChI is InChI=1S/C14H21N3/c1-8(10-3-4-10)13-12(15)14(17-7-16-13)9(2)11-5-6-11/h7-11H,3-6,15H2,1-2H3. The summed E-state index contributed by atoms with van der Waals surface area (Å²) in [5, 5.41) is 0. The summed E-state index contributed by atoms with van der Waals surface area (Å²) in [5.41, 5.74) is 9.33.